The maximum atomic E-state index is 12.6. The molecular formula is C27H24BrNO3. The maximum absolute atomic E-state index is 12.6. The smallest absolute Gasteiger partial charge is 0.248 e. The molecule has 0 fully saturated rings. The van der Waals surface area contributed by atoms with Gasteiger partial charge < -0.3 is 14.5 Å². The molecule has 0 saturated heterocycles. The molecule has 1 amide bonds. The first kappa shape index (κ1) is 21.9. The SMILES string of the molecule is COc1cc2occ(-c3ccc(C)cc3C)c2cc1/C(C)=C/C(=O)Nc1ccc(Br)cc1. The fourth-order valence-corrected chi connectivity index (χ4v) is 4.11. The highest BCUT2D eigenvalue weighted by Crippen LogP contribution is 2.38. The van der Waals surface area contributed by atoms with E-state index in [-0.39, 0.29) is 5.91 Å². The van der Waals surface area contributed by atoms with Crippen molar-refractivity contribution in [1.29, 1.82) is 0 Å². The number of fused-ring (bicyclic) bond motifs is 1. The lowest BCUT2D eigenvalue weighted by Gasteiger charge is -2.11. The van der Waals surface area contributed by atoms with Crippen molar-refractivity contribution in [3.63, 3.8) is 0 Å². The van der Waals surface area contributed by atoms with Crippen LogP contribution in [0.5, 0.6) is 5.75 Å². The molecule has 0 atom stereocenters. The van der Waals surface area contributed by atoms with E-state index < -0.39 is 0 Å². The van der Waals surface area contributed by atoms with Crippen LogP contribution in [-0.2, 0) is 4.79 Å². The van der Waals surface area contributed by atoms with Crippen molar-refractivity contribution < 1.29 is 13.9 Å². The molecule has 162 valence electrons. The molecule has 4 aromatic rings. The number of nitrogens with one attached hydrogen (secondary N) is 1. The Kier molecular flexibility index (Phi) is 6.19. The first-order valence-electron chi connectivity index (χ1n) is 10.3. The molecule has 3 aromatic carbocycles. The average molecular weight is 490 g/mol. The number of methoxy groups -OCH3 is 1. The minimum atomic E-state index is -0.200. The van der Waals surface area contributed by atoms with E-state index in [1.54, 1.807) is 19.4 Å². The van der Waals surface area contributed by atoms with Crippen molar-refractivity contribution in [2.45, 2.75) is 20.8 Å². The molecule has 0 aliphatic carbocycles. The zero-order chi connectivity index (χ0) is 22.8. The first-order chi connectivity index (χ1) is 15.4. The number of rotatable bonds is 5. The van der Waals surface area contributed by atoms with Crippen LogP contribution in [0.3, 0.4) is 0 Å². The van der Waals surface area contributed by atoms with Crippen molar-refractivity contribution in [2.75, 3.05) is 12.4 Å². The van der Waals surface area contributed by atoms with Gasteiger partial charge in [-0.3, -0.25) is 4.79 Å². The molecule has 4 rings (SSSR count). The predicted molar refractivity (Wildman–Crippen MR) is 134 cm³/mol. The normalized spacial score (nSPS) is 11.6. The summed E-state index contributed by atoms with van der Waals surface area (Å²) in [5, 5.41) is 3.87. The number of ether oxygens (including phenoxy) is 1. The number of benzene rings is 3. The van der Waals surface area contributed by atoms with Crippen LogP contribution in [-0.4, -0.2) is 13.0 Å². The highest BCUT2D eigenvalue weighted by Gasteiger charge is 2.16. The number of carbonyl (C=O) groups excluding carboxylic acids is 1. The van der Waals surface area contributed by atoms with Gasteiger partial charge in [0, 0.05) is 38.8 Å². The number of amides is 1. The fourth-order valence-electron chi connectivity index (χ4n) is 3.84. The standard InChI is InChI=1S/C27H24BrNO3/c1-16-5-10-21(17(2)11-16)24-15-32-26-14-25(31-4)22(13-23(24)26)18(3)12-27(30)29-20-8-6-19(28)7-9-20/h5-15H,1-4H3,(H,29,30)/b18-12+. The van der Waals surface area contributed by atoms with Crippen LogP contribution >= 0.6 is 15.9 Å². The minimum Gasteiger partial charge on any atom is -0.496 e. The van der Waals surface area contributed by atoms with Crippen molar-refractivity contribution >= 4 is 44.1 Å². The summed E-state index contributed by atoms with van der Waals surface area (Å²) < 4.78 is 12.4. The summed E-state index contributed by atoms with van der Waals surface area (Å²) in [6.07, 6.45) is 3.37. The molecule has 1 aromatic heterocycles. The third-order valence-electron chi connectivity index (χ3n) is 5.45. The van der Waals surface area contributed by atoms with Gasteiger partial charge in [0.25, 0.3) is 0 Å². The highest BCUT2D eigenvalue weighted by atomic mass is 79.9. The lowest BCUT2D eigenvalue weighted by Crippen LogP contribution is -2.08. The molecule has 5 heteroatoms. The highest BCUT2D eigenvalue weighted by molar-refractivity contribution is 9.10. The summed E-state index contributed by atoms with van der Waals surface area (Å²) in [6, 6.07) is 17.8. The molecular weight excluding hydrogens is 466 g/mol. The van der Waals surface area contributed by atoms with Crippen molar-refractivity contribution in [1.82, 2.24) is 0 Å². The van der Waals surface area contributed by atoms with E-state index in [1.165, 1.54) is 11.1 Å². The van der Waals surface area contributed by atoms with Gasteiger partial charge in [-0.25, -0.2) is 0 Å². The van der Waals surface area contributed by atoms with E-state index in [9.17, 15) is 4.79 Å². The Balaban J connectivity index is 1.73. The Hall–Kier alpha value is -3.31. The summed E-state index contributed by atoms with van der Waals surface area (Å²) in [6.45, 7) is 6.09. The van der Waals surface area contributed by atoms with Crippen LogP contribution in [0.15, 0.2) is 75.8 Å². The van der Waals surface area contributed by atoms with Gasteiger partial charge in [0.05, 0.1) is 13.4 Å². The molecule has 1 N–H and O–H groups in total. The van der Waals surface area contributed by atoms with Crippen molar-refractivity contribution in [3.05, 3.63) is 88.1 Å². The van der Waals surface area contributed by atoms with Crippen LogP contribution < -0.4 is 10.1 Å². The van der Waals surface area contributed by atoms with Crippen molar-refractivity contribution in [3.8, 4) is 16.9 Å². The van der Waals surface area contributed by atoms with Gasteiger partial charge in [-0.05, 0) is 67.8 Å². The van der Waals surface area contributed by atoms with Crippen LogP contribution in [0.2, 0.25) is 0 Å². The van der Waals surface area contributed by atoms with Crippen LogP contribution in [0.25, 0.3) is 27.7 Å². The fraction of sp³-hybridized carbons (Fsp3) is 0.148. The number of halogens is 1. The third kappa shape index (κ3) is 4.48. The maximum Gasteiger partial charge on any atom is 0.248 e. The zero-order valence-electron chi connectivity index (χ0n) is 18.5. The van der Waals surface area contributed by atoms with Gasteiger partial charge in [0.1, 0.15) is 11.3 Å². The van der Waals surface area contributed by atoms with Crippen LogP contribution in [0.1, 0.15) is 23.6 Å². The Morgan fingerprint density at radius 3 is 2.47 bits per heavy atom. The van der Waals surface area contributed by atoms with E-state index in [4.69, 9.17) is 9.15 Å². The number of anilines is 1. The Morgan fingerprint density at radius 2 is 1.78 bits per heavy atom. The van der Waals surface area contributed by atoms with E-state index in [0.29, 0.717) is 5.75 Å². The molecule has 0 unspecified atom stereocenters. The average Bonchev–Trinajstić information content (AvgIpc) is 3.17. The number of hydrogen-bond donors (Lipinski definition) is 1. The molecule has 1 heterocycles. The molecule has 0 spiro atoms. The van der Waals surface area contributed by atoms with E-state index in [2.05, 4.69) is 53.3 Å². The number of carbonyl (C=O) groups is 1. The van der Waals surface area contributed by atoms with Gasteiger partial charge in [-0.2, -0.15) is 0 Å². The zero-order valence-corrected chi connectivity index (χ0v) is 20.0. The monoisotopic (exact) mass is 489 g/mol. The van der Waals surface area contributed by atoms with Gasteiger partial charge in [-0.1, -0.05) is 39.7 Å². The van der Waals surface area contributed by atoms with Crippen molar-refractivity contribution in [2.24, 2.45) is 0 Å². The molecule has 0 saturated carbocycles. The predicted octanol–water partition coefficient (Wildman–Crippen LogP) is 7.53. The van der Waals surface area contributed by atoms with E-state index in [1.807, 2.05) is 43.3 Å². The molecule has 0 radical (unpaired) electrons. The Labute approximate surface area is 196 Å². The van der Waals surface area contributed by atoms with Gasteiger partial charge in [-0.15, -0.1) is 0 Å². The summed E-state index contributed by atoms with van der Waals surface area (Å²) in [5.74, 6) is 0.456. The summed E-state index contributed by atoms with van der Waals surface area (Å²) in [7, 11) is 1.62. The van der Waals surface area contributed by atoms with Crippen LogP contribution in [0, 0.1) is 13.8 Å². The lowest BCUT2D eigenvalue weighted by atomic mass is 9.96. The van der Waals surface area contributed by atoms with Crippen LogP contribution in [0.4, 0.5) is 5.69 Å². The first-order valence-corrected chi connectivity index (χ1v) is 11.1. The van der Waals surface area contributed by atoms with Gasteiger partial charge >= 0.3 is 0 Å². The van der Waals surface area contributed by atoms with Gasteiger partial charge in [0.15, 0.2) is 0 Å². The number of hydrogen-bond acceptors (Lipinski definition) is 3. The molecule has 0 bridgehead atoms. The molecule has 0 aliphatic rings. The number of furan rings is 1. The quantitative estimate of drug-likeness (QED) is 0.294. The second-order valence-electron chi connectivity index (χ2n) is 7.84. The third-order valence-corrected chi connectivity index (χ3v) is 5.98. The molecule has 4 nitrogen and oxygen atoms in total. The van der Waals surface area contributed by atoms with Gasteiger partial charge in [0.2, 0.25) is 5.91 Å². The Morgan fingerprint density at radius 1 is 1.03 bits per heavy atom. The number of aryl methyl sites for hydroxylation is 2. The lowest BCUT2D eigenvalue weighted by molar-refractivity contribution is -0.111. The molecule has 32 heavy (non-hydrogen) atoms. The second-order valence-corrected chi connectivity index (χ2v) is 8.76. The largest absolute Gasteiger partial charge is 0.496 e. The second kappa shape index (κ2) is 9.05. The number of allylic oxidation sites excluding steroid dienone is 1. The minimum absolute atomic E-state index is 0.200. The topological polar surface area (TPSA) is 51.5 Å². The van der Waals surface area contributed by atoms with E-state index >= 15 is 0 Å². The van der Waals surface area contributed by atoms with E-state index in [0.717, 1.165) is 43.4 Å². The molecule has 0 aliphatic heterocycles. The Bertz CT molecular complexity index is 1330. The summed E-state index contributed by atoms with van der Waals surface area (Å²) >= 11 is 3.40. The summed E-state index contributed by atoms with van der Waals surface area (Å²) in [5.41, 5.74) is 7.67. The summed E-state index contributed by atoms with van der Waals surface area (Å²) in [4.78, 5) is 12.6.